The average Bonchev–Trinajstić information content (AvgIpc) is 2.61. The lowest BCUT2D eigenvalue weighted by Gasteiger charge is -2.12. The molecule has 0 radical (unpaired) electrons. The number of nitrogens with zero attached hydrogens (tertiary/aromatic N) is 1. The summed E-state index contributed by atoms with van der Waals surface area (Å²) in [6.07, 6.45) is -0.210. The third kappa shape index (κ3) is 3.58. The Morgan fingerprint density at radius 3 is 2.62 bits per heavy atom. The predicted octanol–water partition coefficient (Wildman–Crippen LogP) is 0.656. The molecule has 2 amide bonds. The van der Waals surface area contributed by atoms with Crippen molar-refractivity contribution >= 4 is 33.4 Å². The van der Waals surface area contributed by atoms with E-state index in [0.717, 1.165) is 11.0 Å². The normalized spacial score (nSPS) is 19.4. The zero-order valence-electron chi connectivity index (χ0n) is 11.0. The summed E-state index contributed by atoms with van der Waals surface area (Å²) in [5.74, 6) is -2.16. The lowest BCUT2D eigenvalue weighted by atomic mass is 10.2. The van der Waals surface area contributed by atoms with Gasteiger partial charge >= 0.3 is 0 Å². The van der Waals surface area contributed by atoms with Gasteiger partial charge in [-0.25, -0.2) is 17.5 Å². The van der Waals surface area contributed by atoms with Crippen LogP contribution < -0.4 is 4.72 Å². The Morgan fingerprint density at radius 1 is 1.43 bits per heavy atom. The number of amides is 2. The molecule has 0 aromatic heterocycles. The number of sulfonamides is 1. The quantitative estimate of drug-likeness (QED) is 0.820. The Labute approximate surface area is 125 Å². The van der Waals surface area contributed by atoms with E-state index in [4.69, 9.17) is 11.6 Å². The van der Waals surface area contributed by atoms with Crippen LogP contribution in [0.25, 0.3) is 0 Å². The molecule has 1 fully saturated rings. The van der Waals surface area contributed by atoms with Gasteiger partial charge in [0.05, 0.1) is 17.2 Å². The van der Waals surface area contributed by atoms with Crippen molar-refractivity contribution < 1.29 is 22.4 Å². The summed E-state index contributed by atoms with van der Waals surface area (Å²) in [6, 6.07) is 2.45. The van der Waals surface area contributed by atoms with Crippen LogP contribution in [0.15, 0.2) is 18.2 Å². The van der Waals surface area contributed by atoms with Crippen molar-refractivity contribution in [2.24, 2.45) is 0 Å². The van der Waals surface area contributed by atoms with Gasteiger partial charge in [-0.15, -0.1) is 0 Å². The van der Waals surface area contributed by atoms with Gasteiger partial charge in [0, 0.05) is 7.05 Å². The van der Waals surface area contributed by atoms with Gasteiger partial charge in [0.15, 0.2) is 0 Å². The summed E-state index contributed by atoms with van der Waals surface area (Å²) in [5.41, 5.74) is 0.277. The zero-order chi connectivity index (χ0) is 15.8. The van der Waals surface area contributed by atoms with Crippen molar-refractivity contribution in [1.29, 1.82) is 0 Å². The molecule has 1 saturated heterocycles. The molecule has 1 aliphatic rings. The molecule has 0 bridgehead atoms. The van der Waals surface area contributed by atoms with Gasteiger partial charge in [-0.1, -0.05) is 17.7 Å². The van der Waals surface area contributed by atoms with E-state index in [1.165, 1.54) is 19.2 Å². The number of hydrogen-bond acceptors (Lipinski definition) is 4. The maximum atomic E-state index is 13.0. The number of likely N-dealkylation sites (tertiary alicyclic amines) is 1. The summed E-state index contributed by atoms with van der Waals surface area (Å²) < 4.78 is 39.1. The lowest BCUT2D eigenvalue weighted by Crippen LogP contribution is -2.41. The third-order valence-corrected chi connectivity index (χ3v) is 4.69. The van der Waals surface area contributed by atoms with Crippen LogP contribution in [0.3, 0.4) is 0 Å². The van der Waals surface area contributed by atoms with Crippen LogP contribution in [0.1, 0.15) is 12.0 Å². The SMILES string of the molecule is CN1C(=O)CC(NS(=O)(=O)Cc2ccc(F)c(Cl)c2)C1=O. The molecule has 0 spiro atoms. The molecule has 1 unspecified atom stereocenters. The van der Waals surface area contributed by atoms with Gasteiger partial charge in [-0.05, 0) is 17.7 Å². The summed E-state index contributed by atoms with van der Waals surface area (Å²) in [4.78, 5) is 23.9. The maximum Gasteiger partial charge on any atom is 0.247 e. The average molecular weight is 335 g/mol. The predicted molar refractivity (Wildman–Crippen MR) is 73.4 cm³/mol. The highest BCUT2D eigenvalue weighted by atomic mass is 35.5. The first-order valence-electron chi connectivity index (χ1n) is 5.94. The van der Waals surface area contributed by atoms with Gasteiger partial charge in [-0.2, -0.15) is 0 Å². The van der Waals surface area contributed by atoms with Crippen molar-refractivity contribution in [2.75, 3.05) is 7.05 Å². The van der Waals surface area contributed by atoms with Crippen molar-refractivity contribution in [3.63, 3.8) is 0 Å². The molecule has 9 heteroatoms. The van der Waals surface area contributed by atoms with Crippen LogP contribution >= 0.6 is 11.6 Å². The van der Waals surface area contributed by atoms with Gasteiger partial charge in [-0.3, -0.25) is 14.5 Å². The number of carbonyl (C=O) groups excluding carboxylic acids is 2. The van der Waals surface area contributed by atoms with Crippen molar-refractivity contribution in [3.05, 3.63) is 34.6 Å². The van der Waals surface area contributed by atoms with Crippen molar-refractivity contribution in [2.45, 2.75) is 18.2 Å². The smallest absolute Gasteiger partial charge is 0.247 e. The van der Waals surface area contributed by atoms with Crippen LogP contribution in [0, 0.1) is 5.82 Å². The summed E-state index contributed by atoms with van der Waals surface area (Å²) in [7, 11) is -2.57. The number of halogens is 2. The fraction of sp³-hybridized carbons (Fsp3) is 0.333. The van der Waals surface area contributed by atoms with E-state index in [-0.39, 0.29) is 17.0 Å². The summed E-state index contributed by atoms with van der Waals surface area (Å²) in [6.45, 7) is 0. The van der Waals surface area contributed by atoms with Crippen LogP contribution in [-0.4, -0.2) is 38.2 Å². The van der Waals surface area contributed by atoms with Crippen molar-refractivity contribution in [1.82, 2.24) is 9.62 Å². The number of carbonyl (C=O) groups is 2. The molecule has 0 saturated carbocycles. The molecule has 6 nitrogen and oxygen atoms in total. The van der Waals surface area contributed by atoms with Crippen LogP contribution in [0.4, 0.5) is 4.39 Å². The van der Waals surface area contributed by atoms with Crippen LogP contribution in [0.2, 0.25) is 5.02 Å². The third-order valence-electron chi connectivity index (χ3n) is 3.04. The molecule has 21 heavy (non-hydrogen) atoms. The molecule has 1 aliphatic heterocycles. The van der Waals surface area contributed by atoms with E-state index >= 15 is 0 Å². The Balaban J connectivity index is 2.11. The van der Waals surface area contributed by atoms with E-state index in [1.54, 1.807) is 0 Å². The first kappa shape index (κ1) is 15.9. The van der Waals surface area contributed by atoms with E-state index in [0.29, 0.717) is 0 Å². The number of nitrogens with one attached hydrogen (secondary N) is 1. The van der Waals surface area contributed by atoms with Crippen LogP contribution in [-0.2, 0) is 25.4 Å². The number of hydrogen-bond donors (Lipinski definition) is 1. The van der Waals surface area contributed by atoms with Gasteiger partial charge in [0.25, 0.3) is 0 Å². The fourth-order valence-electron chi connectivity index (χ4n) is 1.95. The maximum absolute atomic E-state index is 13.0. The number of benzene rings is 1. The topological polar surface area (TPSA) is 83.6 Å². The van der Waals surface area contributed by atoms with E-state index in [2.05, 4.69) is 4.72 Å². The highest BCUT2D eigenvalue weighted by Crippen LogP contribution is 2.18. The monoisotopic (exact) mass is 334 g/mol. The van der Waals surface area contributed by atoms with Crippen LogP contribution in [0.5, 0.6) is 0 Å². The molecule has 1 atom stereocenters. The Kier molecular flexibility index (Phi) is 4.31. The molecule has 1 aromatic carbocycles. The first-order valence-corrected chi connectivity index (χ1v) is 7.97. The second-order valence-corrected chi connectivity index (χ2v) is 6.83. The lowest BCUT2D eigenvalue weighted by molar-refractivity contribution is -0.137. The van der Waals surface area contributed by atoms with E-state index in [9.17, 15) is 22.4 Å². The molecule has 2 rings (SSSR count). The largest absolute Gasteiger partial charge is 0.284 e. The molecule has 0 aliphatic carbocycles. The molecule has 1 heterocycles. The summed E-state index contributed by atoms with van der Waals surface area (Å²) in [5, 5.41) is -0.186. The fourth-order valence-corrected chi connectivity index (χ4v) is 3.48. The number of imide groups is 1. The van der Waals surface area contributed by atoms with Gasteiger partial charge < -0.3 is 0 Å². The number of likely N-dealkylation sites (N-methyl/N-ethyl adjacent to an activating group) is 1. The Morgan fingerprint density at radius 2 is 2.10 bits per heavy atom. The highest BCUT2D eigenvalue weighted by Gasteiger charge is 2.38. The highest BCUT2D eigenvalue weighted by molar-refractivity contribution is 7.88. The second kappa shape index (κ2) is 5.70. The molecule has 1 N–H and O–H groups in total. The minimum absolute atomic E-state index is 0.186. The Bertz CT molecular complexity index is 707. The molecule has 114 valence electrons. The van der Waals surface area contributed by atoms with E-state index in [1.807, 2.05) is 0 Å². The number of rotatable bonds is 4. The molecular formula is C12H12ClFN2O4S. The first-order chi connectivity index (χ1) is 9.69. The standard InChI is InChI=1S/C12H12ClFN2O4S/c1-16-11(17)5-10(12(16)18)15-21(19,20)6-7-2-3-9(14)8(13)4-7/h2-4,10,15H,5-6H2,1H3. The minimum atomic E-state index is -3.86. The summed E-state index contributed by atoms with van der Waals surface area (Å²) >= 11 is 5.58. The zero-order valence-corrected chi connectivity index (χ0v) is 12.5. The van der Waals surface area contributed by atoms with Gasteiger partial charge in [0.2, 0.25) is 21.8 Å². The molecule has 1 aromatic rings. The molecular weight excluding hydrogens is 323 g/mol. The van der Waals surface area contributed by atoms with Gasteiger partial charge in [0.1, 0.15) is 11.9 Å². The van der Waals surface area contributed by atoms with Crippen molar-refractivity contribution in [3.8, 4) is 0 Å². The minimum Gasteiger partial charge on any atom is -0.284 e. The Hall–Kier alpha value is -1.51. The van der Waals surface area contributed by atoms with E-state index < -0.39 is 39.4 Å². The second-order valence-electron chi connectivity index (χ2n) is 4.67.